The molecule has 3 aromatic rings. The van der Waals surface area contributed by atoms with Crippen LogP contribution in [0.4, 0.5) is 48.5 Å². The second-order valence-corrected chi connectivity index (χ2v) is 12.7. The summed E-state index contributed by atoms with van der Waals surface area (Å²) >= 11 is 0. The zero-order valence-electron chi connectivity index (χ0n) is 29.1. The number of nitrogens with one attached hydrogen (secondary N) is 1. The van der Waals surface area contributed by atoms with Gasteiger partial charge >= 0.3 is 24.4 Å². The summed E-state index contributed by atoms with van der Waals surface area (Å²) in [6, 6.07) is 3.76. The Hall–Kier alpha value is -4.87. The number of carbonyl (C=O) groups is 2. The van der Waals surface area contributed by atoms with Gasteiger partial charge in [-0.2, -0.15) is 26.3 Å². The van der Waals surface area contributed by atoms with Crippen LogP contribution in [0.15, 0.2) is 36.5 Å². The number of fused-ring (bicyclic) bond motifs is 1. The Morgan fingerprint density at radius 1 is 0.981 bits per heavy atom. The zero-order valence-corrected chi connectivity index (χ0v) is 29.1. The minimum absolute atomic E-state index is 0.0264. The van der Waals surface area contributed by atoms with Gasteiger partial charge in [-0.3, -0.25) is 9.69 Å². The molecule has 0 unspecified atom stereocenters. The number of hydrogen-bond acceptors (Lipinski definition) is 10. The van der Waals surface area contributed by atoms with Crippen LogP contribution in [0.1, 0.15) is 79.6 Å². The van der Waals surface area contributed by atoms with Crippen LogP contribution in [0.5, 0.6) is 5.88 Å². The summed E-state index contributed by atoms with van der Waals surface area (Å²) in [4.78, 5) is 41.3. The molecule has 288 valence electrons. The van der Waals surface area contributed by atoms with Crippen molar-refractivity contribution in [2.45, 2.75) is 76.3 Å². The number of unbranched alkanes of at least 4 members (excludes halogenated alkanes) is 2. The van der Waals surface area contributed by atoms with Crippen LogP contribution in [-0.4, -0.2) is 78.2 Å². The number of methoxy groups -OCH3 is 1. The third-order valence-electron chi connectivity index (χ3n) is 9.00. The summed E-state index contributed by atoms with van der Waals surface area (Å²) in [5.41, 5.74) is -1.60. The zero-order chi connectivity index (χ0) is 38.3. The van der Waals surface area contributed by atoms with Crippen molar-refractivity contribution in [3.63, 3.8) is 0 Å². The molecule has 2 N–H and O–H groups in total. The number of alkyl halides is 6. The molecule has 12 nitrogen and oxygen atoms in total. The molecule has 0 radical (unpaired) electrons. The lowest BCUT2D eigenvalue weighted by molar-refractivity contribution is -0.143. The molecule has 0 spiro atoms. The fourth-order valence-electron chi connectivity index (χ4n) is 6.37. The summed E-state index contributed by atoms with van der Waals surface area (Å²) in [6.45, 7) is 3.52. The Morgan fingerprint density at radius 3 is 2.30 bits per heavy atom. The number of carbonyl (C=O) groups excluding carboxylic acids is 1. The normalized spacial score (nSPS) is 17.7. The Morgan fingerprint density at radius 2 is 1.68 bits per heavy atom. The molecule has 5 rings (SSSR count). The number of aliphatic carboxylic acids is 1. The molecule has 18 heteroatoms. The molecule has 1 aromatic carbocycles. The van der Waals surface area contributed by atoms with Crippen molar-refractivity contribution >= 4 is 29.4 Å². The number of benzene rings is 1. The van der Waals surface area contributed by atoms with E-state index < -0.39 is 41.6 Å². The first-order valence-corrected chi connectivity index (χ1v) is 17.1. The van der Waals surface area contributed by atoms with E-state index in [1.54, 1.807) is 12.1 Å². The molecule has 53 heavy (non-hydrogen) atoms. The summed E-state index contributed by atoms with van der Waals surface area (Å²) < 4.78 is 98.7. The number of aromatic nitrogens is 3. The van der Waals surface area contributed by atoms with E-state index in [9.17, 15) is 35.9 Å². The molecule has 2 aliphatic heterocycles. The third kappa shape index (κ3) is 9.97. The number of ether oxygens (including phenoxy) is 3. The first-order chi connectivity index (χ1) is 25.2. The van der Waals surface area contributed by atoms with E-state index >= 15 is 0 Å². The van der Waals surface area contributed by atoms with Crippen LogP contribution in [-0.2, 0) is 33.0 Å². The summed E-state index contributed by atoms with van der Waals surface area (Å²) in [5.74, 6) is -0.590. The lowest BCUT2D eigenvalue weighted by atomic mass is 9.93. The molecule has 0 bridgehead atoms. The average Bonchev–Trinajstić information content (AvgIpc) is 3.12. The Kier molecular flexibility index (Phi) is 12.5. The van der Waals surface area contributed by atoms with E-state index in [2.05, 4.69) is 20.3 Å². The molecule has 2 aromatic heterocycles. The van der Waals surface area contributed by atoms with Gasteiger partial charge in [-0.15, -0.1) is 0 Å². The molecule has 0 aliphatic carbocycles. The lowest BCUT2D eigenvalue weighted by Crippen LogP contribution is -2.46. The fraction of sp³-hybridized carbons (Fsp3) is 0.514. The number of morpholine rings is 1. The topological polar surface area (TPSA) is 139 Å². The second kappa shape index (κ2) is 16.9. The number of halogens is 6. The molecule has 1 amide bonds. The van der Waals surface area contributed by atoms with Crippen molar-refractivity contribution in [3.05, 3.63) is 64.6 Å². The smallest absolute Gasteiger partial charge is 0.416 e. The monoisotopic (exact) mass is 754 g/mol. The van der Waals surface area contributed by atoms with Gasteiger partial charge in [0.05, 0.1) is 73.1 Å². The number of pyridine rings is 1. The number of carboxylic acid groups (broad SMARTS) is 1. The summed E-state index contributed by atoms with van der Waals surface area (Å²) in [5, 5.41) is 12.1. The van der Waals surface area contributed by atoms with Gasteiger partial charge in [-0.05, 0) is 61.9 Å². The number of anilines is 3. The molecule has 0 saturated carbocycles. The van der Waals surface area contributed by atoms with Gasteiger partial charge < -0.3 is 29.5 Å². The maximum atomic E-state index is 13.7. The van der Waals surface area contributed by atoms with E-state index in [4.69, 9.17) is 19.3 Å². The number of amides is 1. The van der Waals surface area contributed by atoms with Crippen LogP contribution in [0, 0.1) is 0 Å². The highest BCUT2D eigenvalue weighted by atomic mass is 19.4. The SMILES string of the molecule is CC[C@@H]1C[C@H](Nc2ncc(N3CCOCC3)c(Cc3cc(C(F)(F)F)cc(C(F)(F)F)c3)n2)c2nc(OC)ccc2N1C(=O)OCCCCCC(=O)O. The minimum atomic E-state index is -5.01. The maximum absolute atomic E-state index is 13.7. The molecular formula is C35H40F6N6O6. The van der Waals surface area contributed by atoms with Crippen molar-refractivity contribution in [1.29, 1.82) is 0 Å². The first kappa shape index (κ1) is 39.3. The van der Waals surface area contributed by atoms with Crippen molar-refractivity contribution in [2.24, 2.45) is 0 Å². The van der Waals surface area contributed by atoms with E-state index in [-0.39, 0.29) is 54.6 Å². The molecular weight excluding hydrogens is 714 g/mol. The summed E-state index contributed by atoms with van der Waals surface area (Å²) in [6.07, 6.45) is -7.15. The van der Waals surface area contributed by atoms with E-state index in [1.807, 2.05) is 11.8 Å². The molecule has 1 fully saturated rings. The summed E-state index contributed by atoms with van der Waals surface area (Å²) in [7, 11) is 1.43. The van der Waals surface area contributed by atoms with Gasteiger partial charge in [-0.25, -0.2) is 19.7 Å². The van der Waals surface area contributed by atoms with Crippen molar-refractivity contribution in [3.8, 4) is 5.88 Å². The van der Waals surface area contributed by atoms with Crippen molar-refractivity contribution in [1.82, 2.24) is 15.0 Å². The number of hydrogen-bond donors (Lipinski definition) is 2. The fourth-order valence-corrected chi connectivity index (χ4v) is 6.37. The highest BCUT2D eigenvalue weighted by Crippen LogP contribution is 2.41. The van der Waals surface area contributed by atoms with Gasteiger partial charge in [0.25, 0.3) is 0 Å². The van der Waals surface area contributed by atoms with Crippen LogP contribution in [0.3, 0.4) is 0 Å². The van der Waals surface area contributed by atoms with Gasteiger partial charge in [0.1, 0.15) is 0 Å². The second-order valence-electron chi connectivity index (χ2n) is 12.7. The lowest BCUT2D eigenvalue weighted by Gasteiger charge is -2.39. The van der Waals surface area contributed by atoms with Crippen LogP contribution >= 0.6 is 0 Å². The number of nitrogens with zero attached hydrogens (tertiary/aromatic N) is 5. The van der Waals surface area contributed by atoms with Crippen molar-refractivity contribution in [2.75, 3.05) is 55.1 Å². The van der Waals surface area contributed by atoms with E-state index in [0.29, 0.717) is 87.6 Å². The van der Waals surface area contributed by atoms with E-state index in [1.165, 1.54) is 18.2 Å². The Balaban J connectivity index is 1.46. The highest BCUT2D eigenvalue weighted by molar-refractivity contribution is 5.90. The third-order valence-corrected chi connectivity index (χ3v) is 9.00. The average molecular weight is 755 g/mol. The first-order valence-electron chi connectivity index (χ1n) is 17.1. The van der Waals surface area contributed by atoms with Crippen LogP contribution in [0.25, 0.3) is 0 Å². The minimum Gasteiger partial charge on any atom is -0.481 e. The molecule has 1 saturated heterocycles. The standard InChI is InChI=1S/C35H40F6N6O6/c1-3-24-19-26(31-27(8-9-29(45-31)51-2)47(24)33(50)53-12-6-4-5-7-30(48)49)44-32-42-20-28(46-10-13-52-14-11-46)25(43-32)17-21-15-22(34(36,37)38)18-23(16-21)35(39,40)41/h8-9,15-16,18,20,24,26H,3-7,10-14,17,19H2,1-2H3,(H,48,49)(H,42,43,44)/t24-,26+/m1/s1. The van der Waals surface area contributed by atoms with Crippen LogP contribution < -0.4 is 19.9 Å². The van der Waals surface area contributed by atoms with Gasteiger partial charge in [0.2, 0.25) is 11.8 Å². The van der Waals surface area contributed by atoms with Crippen molar-refractivity contribution < 1.29 is 55.2 Å². The Bertz CT molecular complexity index is 1720. The number of carboxylic acids is 1. The van der Waals surface area contributed by atoms with Crippen LogP contribution in [0.2, 0.25) is 0 Å². The highest BCUT2D eigenvalue weighted by Gasteiger charge is 2.39. The van der Waals surface area contributed by atoms with Gasteiger partial charge in [0, 0.05) is 38.0 Å². The predicted octanol–water partition coefficient (Wildman–Crippen LogP) is 7.27. The maximum Gasteiger partial charge on any atom is 0.416 e. The molecule has 2 aliphatic rings. The van der Waals surface area contributed by atoms with Gasteiger partial charge in [0.15, 0.2) is 0 Å². The quantitative estimate of drug-likeness (QED) is 0.135. The molecule has 2 atom stereocenters. The Labute approximate surface area is 301 Å². The largest absolute Gasteiger partial charge is 0.481 e. The number of rotatable bonds is 13. The molecule has 4 heterocycles. The predicted molar refractivity (Wildman–Crippen MR) is 180 cm³/mol. The van der Waals surface area contributed by atoms with Gasteiger partial charge in [-0.1, -0.05) is 6.92 Å². The van der Waals surface area contributed by atoms with E-state index in [0.717, 1.165) is 0 Å².